The van der Waals surface area contributed by atoms with E-state index in [1.165, 1.54) is 12.8 Å². The highest BCUT2D eigenvalue weighted by Gasteiger charge is 2.24. The van der Waals surface area contributed by atoms with Gasteiger partial charge < -0.3 is 5.11 Å². The highest BCUT2D eigenvalue weighted by molar-refractivity contribution is 9.10. The first kappa shape index (κ1) is 16.2. The van der Waals surface area contributed by atoms with E-state index in [0.29, 0.717) is 5.92 Å². The Morgan fingerprint density at radius 3 is 2.53 bits per heavy atom. The van der Waals surface area contributed by atoms with E-state index in [9.17, 15) is 9.90 Å². The number of rotatable bonds is 8. The Morgan fingerprint density at radius 1 is 1.32 bits per heavy atom. The molecule has 0 aliphatic carbocycles. The number of carboxylic acid groups (broad SMARTS) is 1. The molecule has 0 amide bonds. The molecule has 0 saturated carbocycles. The molecule has 0 heterocycles. The molecular weight excluding hydrogens is 304 g/mol. The Morgan fingerprint density at radius 2 is 2.00 bits per heavy atom. The minimum Gasteiger partial charge on any atom is -0.481 e. The van der Waals surface area contributed by atoms with Gasteiger partial charge in [-0.25, -0.2) is 0 Å². The molecule has 1 rings (SSSR count). The van der Waals surface area contributed by atoms with Gasteiger partial charge in [0.1, 0.15) is 0 Å². The third kappa shape index (κ3) is 4.98. The molecule has 0 aliphatic rings. The van der Waals surface area contributed by atoms with Gasteiger partial charge >= 0.3 is 5.97 Å². The van der Waals surface area contributed by atoms with Crippen LogP contribution in [0.4, 0.5) is 0 Å². The fourth-order valence-corrected chi connectivity index (χ4v) is 2.99. The number of carboxylic acids is 1. The molecule has 0 radical (unpaired) electrons. The lowest BCUT2D eigenvalue weighted by Crippen LogP contribution is -2.16. The zero-order valence-electron chi connectivity index (χ0n) is 11.7. The van der Waals surface area contributed by atoms with Crippen LogP contribution < -0.4 is 0 Å². The van der Waals surface area contributed by atoms with Gasteiger partial charge in [0.05, 0.1) is 5.92 Å². The van der Waals surface area contributed by atoms with Crippen LogP contribution in [-0.4, -0.2) is 11.1 Å². The van der Waals surface area contributed by atoms with E-state index in [4.69, 9.17) is 0 Å². The summed E-state index contributed by atoms with van der Waals surface area (Å²) in [5.41, 5.74) is 0.893. The quantitative estimate of drug-likeness (QED) is 0.710. The van der Waals surface area contributed by atoms with Crippen molar-refractivity contribution in [3.8, 4) is 0 Å². The molecule has 0 bridgehead atoms. The van der Waals surface area contributed by atoms with Gasteiger partial charge in [0.2, 0.25) is 0 Å². The minimum atomic E-state index is -0.721. The van der Waals surface area contributed by atoms with Crippen molar-refractivity contribution >= 4 is 21.9 Å². The molecule has 0 saturated heterocycles. The van der Waals surface area contributed by atoms with Gasteiger partial charge in [-0.3, -0.25) is 4.79 Å². The molecule has 2 nitrogen and oxygen atoms in total. The lowest BCUT2D eigenvalue weighted by atomic mass is 9.85. The summed E-state index contributed by atoms with van der Waals surface area (Å²) in [6.07, 6.45) is 5.26. The zero-order valence-corrected chi connectivity index (χ0v) is 13.3. The molecule has 2 unspecified atom stereocenters. The Kier molecular flexibility index (Phi) is 7.14. The molecule has 0 aromatic heterocycles. The van der Waals surface area contributed by atoms with Gasteiger partial charge in [0, 0.05) is 4.47 Å². The summed E-state index contributed by atoms with van der Waals surface area (Å²) in [4.78, 5) is 11.6. The molecule has 19 heavy (non-hydrogen) atoms. The smallest absolute Gasteiger partial charge is 0.311 e. The molecule has 106 valence electrons. The monoisotopic (exact) mass is 326 g/mol. The van der Waals surface area contributed by atoms with Crippen LogP contribution in [0.1, 0.15) is 57.4 Å². The van der Waals surface area contributed by atoms with Crippen LogP contribution in [0.5, 0.6) is 0 Å². The topological polar surface area (TPSA) is 37.3 Å². The third-order valence-electron chi connectivity index (χ3n) is 3.69. The number of aliphatic carboxylic acids is 1. The molecule has 0 aliphatic heterocycles. The fourth-order valence-electron chi connectivity index (χ4n) is 2.43. The van der Waals surface area contributed by atoms with Crippen LogP contribution in [0.2, 0.25) is 0 Å². The Balaban J connectivity index is 2.84. The van der Waals surface area contributed by atoms with Gasteiger partial charge in [0.25, 0.3) is 0 Å². The summed E-state index contributed by atoms with van der Waals surface area (Å²) >= 11 is 3.47. The Bertz CT molecular complexity index is 403. The molecule has 1 N–H and O–H groups in total. The maximum atomic E-state index is 11.6. The van der Waals surface area contributed by atoms with E-state index in [1.807, 2.05) is 24.3 Å². The van der Waals surface area contributed by atoms with Gasteiger partial charge in [-0.1, -0.05) is 73.7 Å². The lowest BCUT2D eigenvalue weighted by Gasteiger charge is -2.21. The van der Waals surface area contributed by atoms with E-state index in [0.717, 1.165) is 29.3 Å². The highest BCUT2D eigenvalue weighted by Crippen LogP contribution is 2.32. The average Bonchev–Trinajstić information content (AvgIpc) is 2.40. The second kappa shape index (κ2) is 8.36. The summed E-state index contributed by atoms with van der Waals surface area (Å²) in [6, 6.07) is 7.65. The standard InChI is InChI=1S/C16H23BrO2/c1-3-5-8-12(4-2)11-14(16(18)19)13-9-6-7-10-15(13)17/h6-7,9-10,12,14H,3-5,8,11H2,1-2H3,(H,18,19). The van der Waals surface area contributed by atoms with Crippen LogP contribution in [0.25, 0.3) is 0 Å². The lowest BCUT2D eigenvalue weighted by molar-refractivity contribution is -0.139. The number of carbonyl (C=O) groups is 1. The van der Waals surface area contributed by atoms with Crippen molar-refractivity contribution in [2.45, 2.75) is 51.9 Å². The second-order valence-electron chi connectivity index (χ2n) is 5.06. The molecular formula is C16H23BrO2. The van der Waals surface area contributed by atoms with Gasteiger partial charge in [0.15, 0.2) is 0 Å². The second-order valence-corrected chi connectivity index (χ2v) is 5.92. The number of hydrogen-bond donors (Lipinski definition) is 1. The maximum absolute atomic E-state index is 11.6. The summed E-state index contributed by atoms with van der Waals surface area (Å²) in [5.74, 6) is -0.632. The third-order valence-corrected chi connectivity index (χ3v) is 4.41. The van der Waals surface area contributed by atoms with Crippen LogP contribution in [0, 0.1) is 5.92 Å². The Labute approximate surface area is 124 Å². The van der Waals surface area contributed by atoms with Gasteiger partial charge in [-0.15, -0.1) is 0 Å². The SMILES string of the molecule is CCCCC(CC)CC(C(=O)O)c1ccccc1Br. The van der Waals surface area contributed by atoms with E-state index in [2.05, 4.69) is 29.8 Å². The van der Waals surface area contributed by atoms with Gasteiger partial charge in [-0.05, 0) is 24.0 Å². The van der Waals surface area contributed by atoms with E-state index < -0.39 is 11.9 Å². The highest BCUT2D eigenvalue weighted by atomic mass is 79.9. The fraction of sp³-hybridized carbons (Fsp3) is 0.562. The van der Waals surface area contributed by atoms with Crippen LogP contribution in [-0.2, 0) is 4.79 Å². The van der Waals surface area contributed by atoms with Crippen molar-refractivity contribution in [2.24, 2.45) is 5.92 Å². The first-order valence-electron chi connectivity index (χ1n) is 7.07. The molecule has 1 aromatic carbocycles. The van der Waals surface area contributed by atoms with Crippen molar-refractivity contribution in [1.82, 2.24) is 0 Å². The Hall–Kier alpha value is -0.830. The normalized spacial score (nSPS) is 14.1. The first-order valence-corrected chi connectivity index (χ1v) is 7.86. The van der Waals surface area contributed by atoms with Crippen LogP contribution in [0.3, 0.4) is 0 Å². The minimum absolute atomic E-state index is 0.405. The van der Waals surface area contributed by atoms with Crippen molar-refractivity contribution in [3.63, 3.8) is 0 Å². The van der Waals surface area contributed by atoms with Crippen LogP contribution >= 0.6 is 15.9 Å². The van der Waals surface area contributed by atoms with Crippen molar-refractivity contribution in [3.05, 3.63) is 34.3 Å². The zero-order chi connectivity index (χ0) is 14.3. The van der Waals surface area contributed by atoms with Gasteiger partial charge in [-0.2, -0.15) is 0 Å². The number of benzene rings is 1. The van der Waals surface area contributed by atoms with Crippen molar-refractivity contribution in [2.75, 3.05) is 0 Å². The van der Waals surface area contributed by atoms with Crippen LogP contribution in [0.15, 0.2) is 28.7 Å². The van der Waals surface area contributed by atoms with E-state index in [-0.39, 0.29) is 0 Å². The van der Waals surface area contributed by atoms with Crippen molar-refractivity contribution in [1.29, 1.82) is 0 Å². The summed E-state index contributed by atoms with van der Waals surface area (Å²) in [7, 11) is 0. The summed E-state index contributed by atoms with van der Waals surface area (Å²) in [5, 5.41) is 9.50. The predicted octanol–water partition coefficient (Wildman–Crippen LogP) is 5.22. The number of unbranched alkanes of at least 4 members (excludes halogenated alkanes) is 1. The van der Waals surface area contributed by atoms with E-state index >= 15 is 0 Å². The largest absolute Gasteiger partial charge is 0.481 e. The number of hydrogen-bond acceptors (Lipinski definition) is 1. The summed E-state index contributed by atoms with van der Waals surface area (Å²) in [6.45, 7) is 4.33. The number of halogens is 1. The predicted molar refractivity (Wildman–Crippen MR) is 82.4 cm³/mol. The summed E-state index contributed by atoms with van der Waals surface area (Å²) < 4.78 is 0.896. The average molecular weight is 327 g/mol. The molecule has 0 spiro atoms. The van der Waals surface area contributed by atoms with Crippen molar-refractivity contribution < 1.29 is 9.90 Å². The molecule has 2 atom stereocenters. The molecule has 1 aromatic rings. The van der Waals surface area contributed by atoms with E-state index in [1.54, 1.807) is 0 Å². The molecule has 0 fully saturated rings. The first-order chi connectivity index (χ1) is 9.10. The molecule has 3 heteroatoms. The maximum Gasteiger partial charge on any atom is 0.311 e.